The largest absolute Gasteiger partial charge is 0.488 e. The van der Waals surface area contributed by atoms with Gasteiger partial charge < -0.3 is 9.61 Å². The van der Waals surface area contributed by atoms with Crippen LogP contribution in [-0.2, 0) is 10.5 Å². The molecule has 17 heavy (non-hydrogen) atoms. The monoisotopic (exact) mass is 322 g/mol. The SMILES string of the molecule is O=S(=O)(F)Oc1cc(C2C=CNN2)ccc1Br. The number of hydrogen-bond donors (Lipinski definition) is 2. The van der Waals surface area contributed by atoms with Gasteiger partial charge in [-0.05, 0) is 39.7 Å². The highest BCUT2D eigenvalue weighted by atomic mass is 79.9. The molecule has 0 amide bonds. The summed E-state index contributed by atoms with van der Waals surface area (Å²) < 4.78 is 37.9. The number of benzene rings is 1. The first-order valence-electron chi connectivity index (χ1n) is 4.57. The molecule has 1 heterocycles. The van der Waals surface area contributed by atoms with Crippen LogP contribution in [0.25, 0.3) is 0 Å². The van der Waals surface area contributed by atoms with E-state index in [1.165, 1.54) is 6.07 Å². The Morgan fingerprint density at radius 1 is 1.41 bits per heavy atom. The van der Waals surface area contributed by atoms with Gasteiger partial charge in [0.05, 0.1) is 10.5 Å². The molecule has 0 aliphatic carbocycles. The fraction of sp³-hybridized carbons (Fsp3) is 0.111. The summed E-state index contributed by atoms with van der Waals surface area (Å²) >= 11 is 3.08. The van der Waals surface area contributed by atoms with Crippen molar-refractivity contribution in [1.82, 2.24) is 10.9 Å². The highest BCUT2D eigenvalue weighted by Gasteiger charge is 2.16. The minimum absolute atomic E-state index is 0.0906. The normalized spacial score (nSPS) is 19.1. The second-order valence-electron chi connectivity index (χ2n) is 3.29. The molecule has 1 atom stereocenters. The maximum atomic E-state index is 12.5. The van der Waals surface area contributed by atoms with Gasteiger partial charge in [0.15, 0.2) is 5.75 Å². The highest BCUT2D eigenvalue weighted by molar-refractivity contribution is 9.10. The van der Waals surface area contributed by atoms with E-state index in [-0.39, 0.29) is 11.8 Å². The van der Waals surface area contributed by atoms with E-state index in [9.17, 15) is 12.3 Å². The summed E-state index contributed by atoms with van der Waals surface area (Å²) in [6, 6.07) is 4.67. The quantitative estimate of drug-likeness (QED) is 0.829. The van der Waals surface area contributed by atoms with E-state index in [2.05, 4.69) is 31.0 Å². The van der Waals surface area contributed by atoms with Gasteiger partial charge in [0.1, 0.15) is 0 Å². The zero-order valence-corrected chi connectivity index (χ0v) is 10.8. The molecule has 0 bridgehead atoms. The number of halogens is 2. The summed E-state index contributed by atoms with van der Waals surface area (Å²) in [6.45, 7) is 0. The molecule has 0 fully saturated rings. The van der Waals surface area contributed by atoms with Gasteiger partial charge in [-0.2, -0.15) is 8.42 Å². The number of nitrogens with one attached hydrogen (secondary N) is 2. The first-order valence-corrected chi connectivity index (χ1v) is 6.67. The lowest BCUT2D eigenvalue weighted by Gasteiger charge is -2.11. The average molecular weight is 323 g/mol. The van der Waals surface area contributed by atoms with Crippen LogP contribution in [-0.4, -0.2) is 8.42 Å². The topological polar surface area (TPSA) is 67.4 Å². The number of rotatable bonds is 3. The molecule has 1 unspecified atom stereocenters. The van der Waals surface area contributed by atoms with Crippen LogP contribution in [0.3, 0.4) is 0 Å². The Bertz CT molecular complexity index is 561. The van der Waals surface area contributed by atoms with Crippen molar-refractivity contribution < 1.29 is 16.5 Å². The van der Waals surface area contributed by atoms with Gasteiger partial charge in [0.25, 0.3) is 0 Å². The molecule has 1 aliphatic heterocycles. The number of hydrogen-bond acceptors (Lipinski definition) is 5. The van der Waals surface area contributed by atoms with Crippen molar-refractivity contribution in [2.24, 2.45) is 0 Å². The van der Waals surface area contributed by atoms with E-state index in [1.54, 1.807) is 18.3 Å². The van der Waals surface area contributed by atoms with Crippen molar-refractivity contribution in [3.8, 4) is 5.75 Å². The van der Waals surface area contributed by atoms with Gasteiger partial charge in [0, 0.05) is 6.20 Å². The highest BCUT2D eigenvalue weighted by Crippen LogP contribution is 2.30. The van der Waals surface area contributed by atoms with Gasteiger partial charge in [-0.15, -0.1) is 0 Å². The maximum absolute atomic E-state index is 12.5. The third kappa shape index (κ3) is 3.18. The van der Waals surface area contributed by atoms with Crippen LogP contribution in [0.1, 0.15) is 11.6 Å². The number of hydrazine groups is 1. The summed E-state index contributed by atoms with van der Waals surface area (Å²) in [5, 5.41) is 0. The Morgan fingerprint density at radius 3 is 2.76 bits per heavy atom. The van der Waals surface area contributed by atoms with E-state index < -0.39 is 10.5 Å². The lowest BCUT2D eigenvalue weighted by atomic mass is 10.1. The van der Waals surface area contributed by atoms with Crippen LogP contribution < -0.4 is 15.0 Å². The summed E-state index contributed by atoms with van der Waals surface area (Å²) in [5.74, 6) is -0.0906. The molecule has 92 valence electrons. The minimum atomic E-state index is -5.02. The summed E-state index contributed by atoms with van der Waals surface area (Å²) in [5.41, 5.74) is 6.43. The van der Waals surface area contributed by atoms with Crippen molar-refractivity contribution in [3.05, 3.63) is 40.5 Å². The third-order valence-electron chi connectivity index (χ3n) is 2.11. The van der Waals surface area contributed by atoms with Crippen LogP contribution in [0.15, 0.2) is 34.9 Å². The summed E-state index contributed by atoms with van der Waals surface area (Å²) in [4.78, 5) is 0. The Labute approximate surface area is 106 Å². The third-order valence-corrected chi connectivity index (χ3v) is 3.15. The van der Waals surface area contributed by atoms with Crippen molar-refractivity contribution in [3.63, 3.8) is 0 Å². The molecule has 1 aromatic rings. The molecule has 5 nitrogen and oxygen atoms in total. The van der Waals surface area contributed by atoms with Crippen LogP contribution in [0.4, 0.5) is 3.89 Å². The zero-order chi connectivity index (χ0) is 12.5. The molecule has 0 saturated carbocycles. The van der Waals surface area contributed by atoms with Crippen LogP contribution in [0, 0.1) is 0 Å². The van der Waals surface area contributed by atoms with E-state index in [4.69, 9.17) is 0 Å². The second-order valence-corrected chi connectivity index (χ2v) is 5.10. The van der Waals surface area contributed by atoms with Gasteiger partial charge >= 0.3 is 10.5 Å². The molecule has 0 saturated heterocycles. The Balaban J connectivity index is 2.32. The fourth-order valence-corrected chi connectivity index (χ4v) is 2.20. The molecular weight excluding hydrogens is 315 g/mol. The predicted molar refractivity (Wildman–Crippen MR) is 63.0 cm³/mol. The summed E-state index contributed by atoms with van der Waals surface area (Å²) in [7, 11) is -5.02. The smallest absolute Gasteiger partial charge is 0.357 e. The molecule has 2 rings (SSSR count). The van der Waals surface area contributed by atoms with E-state index in [1.807, 2.05) is 6.08 Å². The molecule has 8 heteroatoms. The van der Waals surface area contributed by atoms with Gasteiger partial charge in [-0.1, -0.05) is 9.95 Å². The second kappa shape index (κ2) is 4.63. The van der Waals surface area contributed by atoms with Crippen molar-refractivity contribution in [1.29, 1.82) is 0 Å². The van der Waals surface area contributed by atoms with Crippen LogP contribution in [0.2, 0.25) is 0 Å². The zero-order valence-electron chi connectivity index (χ0n) is 8.35. The predicted octanol–water partition coefficient (Wildman–Crippen LogP) is 1.70. The molecule has 0 spiro atoms. The van der Waals surface area contributed by atoms with E-state index in [0.29, 0.717) is 4.47 Å². The molecule has 0 aromatic heterocycles. The van der Waals surface area contributed by atoms with Crippen LogP contribution >= 0.6 is 15.9 Å². The lowest BCUT2D eigenvalue weighted by Crippen LogP contribution is -2.24. The standard InChI is InChI=1S/C9H8BrFN2O3S/c10-7-2-1-6(8-3-4-12-13-8)5-9(7)16-17(11,14)15/h1-5,8,12-13H. The minimum Gasteiger partial charge on any atom is -0.357 e. The first-order chi connectivity index (χ1) is 7.96. The Morgan fingerprint density at radius 2 is 2.18 bits per heavy atom. The first kappa shape index (κ1) is 12.3. The van der Waals surface area contributed by atoms with E-state index in [0.717, 1.165) is 5.56 Å². The molecule has 0 radical (unpaired) electrons. The van der Waals surface area contributed by atoms with Gasteiger partial charge in [-0.3, -0.25) is 0 Å². The van der Waals surface area contributed by atoms with Gasteiger partial charge in [-0.25, -0.2) is 5.43 Å². The van der Waals surface area contributed by atoms with Gasteiger partial charge in [0.2, 0.25) is 0 Å². The average Bonchev–Trinajstić information content (AvgIpc) is 2.72. The molecular formula is C9H8BrFN2O3S. The van der Waals surface area contributed by atoms with E-state index >= 15 is 0 Å². The Hall–Kier alpha value is -1.12. The molecule has 1 aromatic carbocycles. The van der Waals surface area contributed by atoms with Crippen molar-refractivity contribution in [2.45, 2.75) is 6.04 Å². The Kier molecular flexibility index (Phi) is 3.36. The summed E-state index contributed by atoms with van der Waals surface area (Å²) in [6.07, 6.45) is 3.54. The maximum Gasteiger partial charge on any atom is 0.488 e. The van der Waals surface area contributed by atoms with Crippen molar-refractivity contribution >= 4 is 26.4 Å². The molecule has 1 aliphatic rings. The fourth-order valence-electron chi connectivity index (χ4n) is 1.41. The van der Waals surface area contributed by atoms with Crippen molar-refractivity contribution in [2.75, 3.05) is 0 Å². The lowest BCUT2D eigenvalue weighted by molar-refractivity contribution is 0.438. The molecule has 2 N–H and O–H groups in total. The van der Waals surface area contributed by atoms with Crippen LogP contribution in [0.5, 0.6) is 5.75 Å².